The SMILES string of the molecule is COc1n[nH]c(C(=O)Nc2cnn(Cc3ccccc3C)c2)c1[N+](=O)[O-]. The average Bonchev–Trinajstić information content (AvgIpc) is 3.23. The van der Waals surface area contributed by atoms with Crippen LogP contribution >= 0.6 is 0 Å². The number of rotatable bonds is 6. The minimum atomic E-state index is -0.723. The summed E-state index contributed by atoms with van der Waals surface area (Å²) in [6.45, 7) is 2.55. The van der Waals surface area contributed by atoms with Gasteiger partial charge in [0.2, 0.25) is 5.69 Å². The van der Waals surface area contributed by atoms with Gasteiger partial charge in [0.1, 0.15) is 0 Å². The van der Waals surface area contributed by atoms with E-state index in [0.29, 0.717) is 12.2 Å². The molecule has 2 aromatic heterocycles. The van der Waals surface area contributed by atoms with Crippen LogP contribution < -0.4 is 10.1 Å². The quantitative estimate of drug-likeness (QED) is 0.514. The summed E-state index contributed by atoms with van der Waals surface area (Å²) in [7, 11) is 1.24. The van der Waals surface area contributed by atoms with E-state index >= 15 is 0 Å². The van der Waals surface area contributed by atoms with E-state index in [1.54, 1.807) is 10.9 Å². The third-order valence-corrected chi connectivity index (χ3v) is 3.80. The summed E-state index contributed by atoms with van der Waals surface area (Å²) in [5.74, 6) is -0.960. The molecule has 2 heterocycles. The number of aryl methyl sites for hydroxylation is 1. The molecule has 0 aliphatic heterocycles. The minimum absolute atomic E-state index is 0.254. The molecule has 0 saturated carbocycles. The third-order valence-electron chi connectivity index (χ3n) is 3.80. The van der Waals surface area contributed by atoms with Gasteiger partial charge in [-0.2, -0.15) is 5.10 Å². The summed E-state index contributed by atoms with van der Waals surface area (Å²) in [6.07, 6.45) is 3.11. The van der Waals surface area contributed by atoms with Crippen LogP contribution in [0, 0.1) is 17.0 Å². The first-order chi connectivity index (χ1) is 12.5. The topological polar surface area (TPSA) is 128 Å². The Morgan fingerprint density at radius 1 is 1.42 bits per heavy atom. The molecule has 0 bridgehead atoms. The van der Waals surface area contributed by atoms with Gasteiger partial charge in [0, 0.05) is 6.20 Å². The largest absolute Gasteiger partial charge is 0.475 e. The van der Waals surface area contributed by atoms with Gasteiger partial charge in [0.25, 0.3) is 5.91 Å². The Balaban J connectivity index is 1.75. The number of anilines is 1. The maximum Gasteiger partial charge on any atom is 0.362 e. The zero-order valence-corrected chi connectivity index (χ0v) is 14.1. The van der Waals surface area contributed by atoms with E-state index in [1.807, 2.05) is 31.2 Å². The van der Waals surface area contributed by atoms with Gasteiger partial charge in [0.05, 0.1) is 30.5 Å². The van der Waals surface area contributed by atoms with Gasteiger partial charge >= 0.3 is 11.6 Å². The number of amides is 1. The van der Waals surface area contributed by atoms with Crippen molar-refractivity contribution < 1.29 is 14.5 Å². The molecule has 0 radical (unpaired) electrons. The molecule has 26 heavy (non-hydrogen) atoms. The molecule has 134 valence electrons. The van der Waals surface area contributed by atoms with Gasteiger partial charge in [-0.1, -0.05) is 24.3 Å². The lowest BCUT2D eigenvalue weighted by Crippen LogP contribution is -2.14. The fraction of sp³-hybridized carbons (Fsp3) is 0.188. The molecule has 0 unspecified atom stereocenters. The van der Waals surface area contributed by atoms with Crippen molar-refractivity contribution in [1.82, 2.24) is 20.0 Å². The molecule has 0 aliphatic carbocycles. The minimum Gasteiger partial charge on any atom is -0.475 e. The lowest BCUT2D eigenvalue weighted by atomic mass is 10.1. The van der Waals surface area contributed by atoms with Crippen LogP contribution in [-0.2, 0) is 6.54 Å². The summed E-state index contributed by atoms with van der Waals surface area (Å²) in [6, 6.07) is 7.90. The maximum absolute atomic E-state index is 12.3. The molecule has 3 rings (SSSR count). The van der Waals surface area contributed by atoms with E-state index in [0.717, 1.165) is 11.1 Å². The number of hydrogen-bond acceptors (Lipinski definition) is 6. The molecule has 10 nitrogen and oxygen atoms in total. The van der Waals surface area contributed by atoms with Crippen LogP contribution in [0.5, 0.6) is 5.88 Å². The zero-order chi connectivity index (χ0) is 18.7. The number of carbonyl (C=O) groups is 1. The number of benzene rings is 1. The molecule has 0 fully saturated rings. The number of nitrogens with one attached hydrogen (secondary N) is 2. The highest BCUT2D eigenvalue weighted by molar-refractivity contribution is 6.06. The van der Waals surface area contributed by atoms with Crippen molar-refractivity contribution in [3.05, 3.63) is 63.6 Å². The predicted molar refractivity (Wildman–Crippen MR) is 92.3 cm³/mol. The van der Waals surface area contributed by atoms with Crippen molar-refractivity contribution in [2.45, 2.75) is 13.5 Å². The number of nitro groups is 1. The van der Waals surface area contributed by atoms with E-state index < -0.39 is 16.5 Å². The number of H-pyrrole nitrogens is 1. The number of aromatic amines is 1. The molecule has 3 aromatic rings. The molecular weight excluding hydrogens is 340 g/mol. The van der Waals surface area contributed by atoms with Crippen LogP contribution in [0.1, 0.15) is 21.6 Å². The smallest absolute Gasteiger partial charge is 0.362 e. The van der Waals surface area contributed by atoms with Crippen molar-refractivity contribution in [3.63, 3.8) is 0 Å². The maximum atomic E-state index is 12.3. The summed E-state index contributed by atoms with van der Waals surface area (Å²) in [4.78, 5) is 22.7. The fourth-order valence-corrected chi connectivity index (χ4v) is 2.46. The highest BCUT2D eigenvalue weighted by atomic mass is 16.6. The lowest BCUT2D eigenvalue weighted by molar-refractivity contribution is -0.386. The summed E-state index contributed by atoms with van der Waals surface area (Å²) in [5, 5.41) is 23.8. The van der Waals surface area contributed by atoms with E-state index in [9.17, 15) is 14.9 Å². The number of methoxy groups -OCH3 is 1. The zero-order valence-electron chi connectivity index (χ0n) is 14.1. The van der Waals surface area contributed by atoms with E-state index in [4.69, 9.17) is 4.74 Å². The first-order valence-corrected chi connectivity index (χ1v) is 7.64. The monoisotopic (exact) mass is 356 g/mol. The van der Waals surface area contributed by atoms with Crippen LogP contribution in [0.4, 0.5) is 11.4 Å². The number of aromatic nitrogens is 4. The molecule has 2 N–H and O–H groups in total. The predicted octanol–water partition coefficient (Wildman–Crippen LogP) is 2.13. The molecule has 1 aromatic carbocycles. The second-order valence-corrected chi connectivity index (χ2v) is 5.52. The third kappa shape index (κ3) is 3.38. The lowest BCUT2D eigenvalue weighted by Gasteiger charge is -2.05. The van der Waals surface area contributed by atoms with Gasteiger partial charge in [-0.15, -0.1) is 5.10 Å². The van der Waals surface area contributed by atoms with Crippen molar-refractivity contribution in [2.24, 2.45) is 0 Å². The van der Waals surface area contributed by atoms with Gasteiger partial charge in [-0.25, -0.2) is 0 Å². The summed E-state index contributed by atoms with van der Waals surface area (Å²) < 4.78 is 6.46. The highest BCUT2D eigenvalue weighted by Gasteiger charge is 2.30. The Hall–Kier alpha value is -3.69. The summed E-state index contributed by atoms with van der Waals surface area (Å²) >= 11 is 0. The van der Waals surface area contributed by atoms with Crippen LogP contribution in [-0.4, -0.2) is 37.9 Å². The Morgan fingerprint density at radius 3 is 2.88 bits per heavy atom. The molecule has 0 saturated heterocycles. The Morgan fingerprint density at radius 2 is 2.19 bits per heavy atom. The molecule has 0 aliphatic rings. The Labute approximate surface area is 147 Å². The van der Waals surface area contributed by atoms with Crippen LogP contribution in [0.2, 0.25) is 0 Å². The molecule has 0 atom stereocenters. The van der Waals surface area contributed by atoms with Gasteiger partial charge < -0.3 is 10.1 Å². The first kappa shape index (κ1) is 17.1. The first-order valence-electron chi connectivity index (χ1n) is 7.64. The second-order valence-electron chi connectivity index (χ2n) is 5.52. The van der Waals surface area contributed by atoms with Crippen molar-refractivity contribution in [2.75, 3.05) is 12.4 Å². The van der Waals surface area contributed by atoms with E-state index in [-0.39, 0.29) is 11.6 Å². The number of ether oxygens (including phenoxy) is 1. The Bertz CT molecular complexity index is 961. The van der Waals surface area contributed by atoms with Gasteiger partial charge in [0.15, 0.2) is 0 Å². The number of hydrogen-bond donors (Lipinski definition) is 2. The molecule has 0 spiro atoms. The fourth-order valence-electron chi connectivity index (χ4n) is 2.46. The van der Waals surface area contributed by atoms with Crippen LogP contribution in [0.15, 0.2) is 36.7 Å². The van der Waals surface area contributed by atoms with Crippen molar-refractivity contribution in [1.29, 1.82) is 0 Å². The van der Waals surface area contributed by atoms with Crippen molar-refractivity contribution >= 4 is 17.3 Å². The number of carbonyl (C=O) groups excluding carboxylic acids is 1. The van der Waals surface area contributed by atoms with Crippen LogP contribution in [0.25, 0.3) is 0 Å². The van der Waals surface area contributed by atoms with E-state index in [1.165, 1.54) is 13.3 Å². The van der Waals surface area contributed by atoms with Crippen molar-refractivity contribution in [3.8, 4) is 5.88 Å². The summed E-state index contributed by atoms with van der Waals surface area (Å²) in [5.41, 5.74) is 1.83. The number of nitrogens with zero attached hydrogens (tertiary/aromatic N) is 4. The Kier molecular flexibility index (Phi) is 4.65. The normalized spacial score (nSPS) is 10.5. The van der Waals surface area contributed by atoms with Crippen LogP contribution in [0.3, 0.4) is 0 Å². The van der Waals surface area contributed by atoms with E-state index in [2.05, 4.69) is 20.6 Å². The molecule has 10 heteroatoms. The molecular formula is C16H16N6O4. The average molecular weight is 356 g/mol. The highest BCUT2D eigenvalue weighted by Crippen LogP contribution is 2.28. The standard InChI is InChI=1S/C16H16N6O4/c1-10-5-3-4-6-11(10)8-21-9-12(7-17-21)18-15(23)13-14(22(24)25)16(26-2)20-19-13/h3-7,9H,8H2,1-2H3,(H,18,23)(H,19,20). The second kappa shape index (κ2) is 7.05. The molecule has 1 amide bonds. The van der Waals surface area contributed by atoms with Gasteiger partial charge in [-0.3, -0.25) is 24.7 Å². The van der Waals surface area contributed by atoms with Gasteiger partial charge in [-0.05, 0) is 18.1 Å².